The van der Waals surface area contributed by atoms with Crippen LogP contribution < -0.4 is 4.74 Å². The normalized spacial score (nSPS) is 16.4. The number of nitrogens with zero attached hydrogens (tertiary/aromatic N) is 3. The van der Waals surface area contributed by atoms with Gasteiger partial charge < -0.3 is 14.2 Å². The molecule has 6 nitrogen and oxygen atoms in total. The molecule has 29 heavy (non-hydrogen) atoms. The predicted octanol–water partition coefficient (Wildman–Crippen LogP) is 4.21. The molecule has 6 heteroatoms. The van der Waals surface area contributed by atoms with Crippen molar-refractivity contribution in [1.29, 1.82) is 0 Å². The van der Waals surface area contributed by atoms with Crippen LogP contribution in [0.3, 0.4) is 0 Å². The number of para-hydroxylation sites is 1. The molecule has 0 aliphatic carbocycles. The number of aromatic nitrogens is 2. The number of carbonyl (C=O) groups is 1. The standard InChI is InChI=1S/C23H25N3O3/c1-3-16-9-11-17(12-10-16)22-24-23(29-25-22)19-13-21(27)26(15-19)14-18-7-5-6-8-20(18)28-4-2/h5-12,19H,3-4,13-15H2,1-2H3. The van der Waals surface area contributed by atoms with Gasteiger partial charge in [-0.1, -0.05) is 54.5 Å². The lowest BCUT2D eigenvalue weighted by Crippen LogP contribution is -2.24. The van der Waals surface area contributed by atoms with Crippen LogP contribution in [0.5, 0.6) is 5.75 Å². The molecule has 0 bridgehead atoms. The SMILES string of the molecule is CCOc1ccccc1CN1CC(c2nc(-c3ccc(CC)cc3)no2)CC1=O. The molecule has 150 valence electrons. The Bertz CT molecular complexity index is 981. The maximum Gasteiger partial charge on any atom is 0.232 e. The Kier molecular flexibility index (Phi) is 5.60. The van der Waals surface area contributed by atoms with Crippen LogP contribution >= 0.6 is 0 Å². The molecule has 0 saturated carbocycles. The minimum absolute atomic E-state index is 0.0853. The highest BCUT2D eigenvalue weighted by atomic mass is 16.5. The molecule has 1 aromatic heterocycles. The molecule has 1 aliphatic heterocycles. The van der Waals surface area contributed by atoms with E-state index in [0.29, 0.717) is 37.8 Å². The van der Waals surface area contributed by atoms with Gasteiger partial charge in [-0.2, -0.15) is 4.98 Å². The molecule has 1 amide bonds. The number of hydrogen-bond donors (Lipinski definition) is 0. The van der Waals surface area contributed by atoms with Gasteiger partial charge in [0.25, 0.3) is 0 Å². The number of rotatable bonds is 7. The number of hydrogen-bond acceptors (Lipinski definition) is 5. The molecule has 2 aromatic carbocycles. The average Bonchev–Trinajstić information content (AvgIpc) is 3.37. The quantitative estimate of drug-likeness (QED) is 0.603. The molecular weight excluding hydrogens is 366 g/mol. The number of likely N-dealkylation sites (tertiary alicyclic amines) is 1. The molecular formula is C23H25N3O3. The summed E-state index contributed by atoms with van der Waals surface area (Å²) in [4.78, 5) is 19.0. The summed E-state index contributed by atoms with van der Waals surface area (Å²) in [5, 5.41) is 4.12. The zero-order chi connectivity index (χ0) is 20.2. The van der Waals surface area contributed by atoms with Crippen molar-refractivity contribution >= 4 is 5.91 Å². The van der Waals surface area contributed by atoms with Gasteiger partial charge in [-0.25, -0.2) is 0 Å². The molecule has 1 fully saturated rings. The van der Waals surface area contributed by atoms with Crippen molar-refractivity contribution in [3.8, 4) is 17.1 Å². The Labute approximate surface area is 170 Å². The largest absolute Gasteiger partial charge is 0.494 e. The monoisotopic (exact) mass is 391 g/mol. The second-order valence-corrected chi connectivity index (χ2v) is 7.22. The zero-order valence-electron chi connectivity index (χ0n) is 16.8. The van der Waals surface area contributed by atoms with E-state index in [1.54, 1.807) is 0 Å². The van der Waals surface area contributed by atoms with E-state index in [4.69, 9.17) is 9.26 Å². The van der Waals surface area contributed by atoms with E-state index in [1.165, 1.54) is 5.56 Å². The topological polar surface area (TPSA) is 68.5 Å². The lowest BCUT2D eigenvalue weighted by molar-refractivity contribution is -0.128. The van der Waals surface area contributed by atoms with Crippen LogP contribution in [0.1, 0.15) is 43.2 Å². The fraction of sp³-hybridized carbons (Fsp3) is 0.348. The van der Waals surface area contributed by atoms with E-state index >= 15 is 0 Å². The number of aryl methyl sites for hydroxylation is 1. The van der Waals surface area contributed by atoms with Crippen LogP contribution in [0.4, 0.5) is 0 Å². The number of ether oxygens (including phenoxy) is 1. The molecule has 1 aliphatic rings. The van der Waals surface area contributed by atoms with Crippen molar-refractivity contribution in [2.24, 2.45) is 0 Å². The summed E-state index contributed by atoms with van der Waals surface area (Å²) in [6, 6.07) is 16.0. The van der Waals surface area contributed by atoms with Crippen molar-refractivity contribution in [1.82, 2.24) is 15.0 Å². The smallest absolute Gasteiger partial charge is 0.232 e. The number of amides is 1. The highest BCUT2D eigenvalue weighted by molar-refractivity contribution is 5.79. The molecule has 1 saturated heterocycles. The molecule has 2 heterocycles. The van der Waals surface area contributed by atoms with Crippen molar-refractivity contribution < 1.29 is 14.1 Å². The Hall–Kier alpha value is -3.15. The van der Waals surface area contributed by atoms with Gasteiger partial charge in [0.05, 0.1) is 12.5 Å². The third-order valence-electron chi connectivity index (χ3n) is 5.26. The van der Waals surface area contributed by atoms with Gasteiger partial charge in [0.15, 0.2) is 0 Å². The second-order valence-electron chi connectivity index (χ2n) is 7.22. The Balaban J connectivity index is 1.46. The predicted molar refractivity (Wildman–Crippen MR) is 109 cm³/mol. The fourth-order valence-corrected chi connectivity index (χ4v) is 3.63. The highest BCUT2D eigenvalue weighted by Gasteiger charge is 2.34. The van der Waals surface area contributed by atoms with Crippen LogP contribution in [0.2, 0.25) is 0 Å². The lowest BCUT2D eigenvalue weighted by atomic mass is 10.1. The molecule has 0 N–H and O–H groups in total. The van der Waals surface area contributed by atoms with Gasteiger partial charge in [0.2, 0.25) is 17.6 Å². The lowest BCUT2D eigenvalue weighted by Gasteiger charge is -2.18. The van der Waals surface area contributed by atoms with Gasteiger partial charge in [-0.15, -0.1) is 0 Å². The van der Waals surface area contributed by atoms with Crippen LogP contribution in [-0.2, 0) is 17.8 Å². The second kappa shape index (κ2) is 8.47. The highest BCUT2D eigenvalue weighted by Crippen LogP contribution is 2.31. The first-order valence-electron chi connectivity index (χ1n) is 10.1. The summed E-state index contributed by atoms with van der Waals surface area (Å²) in [5.41, 5.74) is 3.19. The minimum Gasteiger partial charge on any atom is -0.494 e. The molecule has 1 atom stereocenters. The Morgan fingerprint density at radius 3 is 2.69 bits per heavy atom. The summed E-state index contributed by atoms with van der Waals surface area (Å²) in [7, 11) is 0. The Morgan fingerprint density at radius 1 is 1.14 bits per heavy atom. The van der Waals surface area contributed by atoms with Crippen LogP contribution in [-0.4, -0.2) is 34.1 Å². The van der Waals surface area contributed by atoms with Gasteiger partial charge in [-0.05, 0) is 25.0 Å². The maximum absolute atomic E-state index is 12.6. The Morgan fingerprint density at radius 2 is 1.93 bits per heavy atom. The fourth-order valence-electron chi connectivity index (χ4n) is 3.63. The van der Waals surface area contributed by atoms with Gasteiger partial charge in [-0.3, -0.25) is 4.79 Å². The molecule has 0 radical (unpaired) electrons. The first-order valence-corrected chi connectivity index (χ1v) is 10.1. The summed E-state index contributed by atoms with van der Waals surface area (Å²) in [5.74, 6) is 1.91. The van der Waals surface area contributed by atoms with E-state index in [-0.39, 0.29) is 11.8 Å². The summed E-state index contributed by atoms with van der Waals surface area (Å²) < 4.78 is 11.2. The van der Waals surface area contributed by atoms with Crippen LogP contribution in [0.25, 0.3) is 11.4 Å². The average molecular weight is 391 g/mol. The van der Waals surface area contributed by atoms with Crippen molar-refractivity contribution in [2.75, 3.05) is 13.2 Å². The van der Waals surface area contributed by atoms with Crippen LogP contribution in [0, 0.1) is 0 Å². The van der Waals surface area contributed by atoms with Crippen molar-refractivity contribution in [2.45, 2.75) is 39.2 Å². The van der Waals surface area contributed by atoms with Gasteiger partial charge in [0.1, 0.15) is 5.75 Å². The number of carbonyl (C=O) groups excluding carboxylic acids is 1. The summed E-state index contributed by atoms with van der Waals surface area (Å²) in [6.45, 7) is 5.76. The minimum atomic E-state index is -0.0853. The maximum atomic E-state index is 12.6. The first kappa shape index (κ1) is 19.2. The van der Waals surface area contributed by atoms with Gasteiger partial charge >= 0.3 is 0 Å². The van der Waals surface area contributed by atoms with E-state index in [1.807, 2.05) is 48.2 Å². The van der Waals surface area contributed by atoms with Crippen molar-refractivity contribution in [3.05, 3.63) is 65.5 Å². The van der Waals surface area contributed by atoms with Crippen molar-refractivity contribution in [3.63, 3.8) is 0 Å². The first-order chi connectivity index (χ1) is 14.2. The molecule has 1 unspecified atom stereocenters. The third kappa shape index (κ3) is 4.16. The van der Waals surface area contributed by atoms with Crippen LogP contribution in [0.15, 0.2) is 53.1 Å². The van der Waals surface area contributed by atoms with E-state index in [0.717, 1.165) is 23.3 Å². The molecule has 0 spiro atoms. The van der Waals surface area contributed by atoms with E-state index in [9.17, 15) is 4.79 Å². The van der Waals surface area contributed by atoms with Gasteiger partial charge in [0, 0.05) is 30.6 Å². The zero-order valence-corrected chi connectivity index (χ0v) is 16.8. The number of benzene rings is 2. The van der Waals surface area contributed by atoms with E-state index < -0.39 is 0 Å². The molecule has 4 rings (SSSR count). The summed E-state index contributed by atoms with van der Waals surface area (Å²) >= 11 is 0. The molecule has 3 aromatic rings. The summed E-state index contributed by atoms with van der Waals surface area (Å²) in [6.07, 6.45) is 1.37. The third-order valence-corrected chi connectivity index (χ3v) is 5.26. The van der Waals surface area contributed by atoms with E-state index in [2.05, 4.69) is 29.2 Å².